The van der Waals surface area contributed by atoms with E-state index in [0.717, 1.165) is 5.56 Å². The molecule has 0 amide bonds. The van der Waals surface area contributed by atoms with Crippen molar-refractivity contribution in [2.75, 3.05) is 32.0 Å². The van der Waals surface area contributed by atoms with Crippen LogP contribution in [0.4, 0.5) is 8.78 Å². The predicted octanol–water partition coefficient (Wildman–Crippen LogP) is 5.28. The van der Waals surface area contributed by atoms with Crippen LogP contribution < -0.4 is 4.74 Å². The topological polar surface area (TPSA) is 142 Å². The van der Waals surface area contributed by atoms with Crippen LogP contribution in [0.2, 0.25) is 0 Å². The van der Waals surface area contributed by atoms with Gasteiger partial charge in [0, 0.05) is 30.1 Å². The first-order valence-corrected chi connectivity index (χ1v) is 16.1. The van der Waals surface area contributed by atoms with Gasteiger partial charge in [-0.05, 0) is 60.5 Å². The van der Waals surface area contributed by atoms with Gasteiger partial charge in [-0.15, -0.1) is 0 Å². The number of likely N-dealkylation sites (N-methyl/N-ethyl adjacent to an activating group) is 1. The van der Waals surface area contributed by atoms with Gasteiger partial charge in [-0.2, -0.15) is 8.78 Å². The number of nitrogens with one attached hydrogen (secondary N) is 1. The third kappa shape index (κ3) is 7.48. The number of aromatic nitrogens is 2. The van der Waals surface area contributed by atoms with E-state index in [2.05, 4.69) is 14.5 Å². The molecule has 4 rings (SSSR count). The van der Waals surface area contributed by atoms with Gasteiger partial charge in [-0.1, -0.05) is 26.0 Å². The van der Waals surface area contributed by atoms with Crippen LogP contribution in [0.25, 0.3) is 33.1 Å². The van der Waals surface area contributed by atoms with Gasteiger partial charge in [0.2, 0.25) is 0 Å². The van der Waals surface area contributed by atoms with E-state index in [1.54, 1.807) is 49.2 Å². The summed E-state index contributed by atoms with van der Waals surface area (Å²) in [6.45, 7) is 5.15. The van der Waals surface area contributed by atoms with Crippen molar-refractivity contribution in [2.45, 2.75) is 38.2 Å². The number of hydrogen-bond donors (Lipinski definition) is 3. The number of ether oxygens (including phenoxy) is 1. The van der Waals surface area contributed by atoms with Gasteiger partial charge in [0.05, 0.1) is 29.2 Å². The molecule has 0 saturated heterocycles. The third-order valence-corrected chi connectivity index (χ3v) is 8.93. The number of H-pyrrole nitrogens is 1. The maximum Gasteiger partial charge on any atom is 0.469 e. The number of hydrogen-bond acceptors (Lipinski definition) is 7. The number of alkyl halides is 2. The Kier molecular flexibility index (Phi) is 9.17. The molecule has 41 heavy (non-hydrogen) atoms. The van der Waals surface area contributed by atoms with Crippen molar-refractivity contribution in [3.8, 4) is 16.9 Å². The Balaban J connectivity index is 1.68. The molecule has 14 heteroatoms. The summed E-state index contributed by atoms with van der Waals surface area (Å²) in [6.07, 6.45) is -2.62. The summed E-state index contributed by atoms with van der Waals surface area (Å²) in [7, 11) is -8.12. The van der Waals surface area contributed by atoms with Crippen LogP contribution in [0.5, 0.6) is 5.75 Å². The molecule has 4 aromatic rings. The second-order valence-electron chi connectivity index (χ2n) is 9.57. The number of aryl methyl sites for hydroxylation is 1. The predicted molar refractivity (Wildman–Crippen MR) is 152 cm³/mol. The highest BCUT2D eigenvalue weighted by atomic mass is 32.2. The van der Waals surface area contributed by atoms with Crippen LogP contribution in [0, 0.1) is 6.92 Å². The fraction of sp³-hybridized carbons (Fsp3) is 0.370. The number of phosphoric ester groups is 1. The zero-order valence-corrected chi connectivity index (χ0v) is 24.5. The Morgan fingerprint density at radius 1 is 1.12 bits per heavy atom. The fourth-order valence-electron chi connectivity index (χ4n) is 4.53. The van der Waals surface area contributed by atoms with Crippen molar-refractivity contribution < 1.29 is 40.8 Å². The zero-order valence-electron chi connectivity index (χ0n) is 22.8. The van der Waals surface area contributed by atoms with Crippen molar-refractivity contribution in [1.82, 2.24) is 14.9 Å². The molecule has 0 fully saturated rings. The highest BCUT2D eigenvalue weighted by Crippen LogP contribution is 2.41. The number of benzene rings is 2. The van der Waals surface area contributed by atoms with E-state index in [1.807, 2.05) is 13.0 Å². The summed E-state index contributed by atoms with van der Waals surface area (Å²) in [6, 6.07) is 11.4. The first-order chi connectivity index (χ1) is 19.2. The lowest BCUT2D eigenvalue weighted by Gasteiger charge is -2.24. The van der Waals surface area contributed by atoms with Gasteiger partial charge < -0.3 is 24.4 Å². The van der Waals surface area contributed by atoms with Crippen LogP contribution in [0.15, 0.2) is 53.6 Å². The van der Waals surface area contributed by atoms with E-state index in [4.69, 9.17) is 14.5 Å². The molecular formula is C27H32F2N3O7PS. The highest BCUT2D eigenvalue weighted by Gasteiger charge is 2.33. The summed E-state index contributed by atoms with van der Waals surface area (Å²) in [5.41, 5.74) is 2.84. The van der Waals surface area contributed by atoms with Crippen molar-refractivity contribution in [1.29, 1.82) is 0 Å². The monoisotopic (exact) mass is 611 g/mol. The maximum absolute atomic E-state index is 15.1. The molecule has 0 atom stereocenters. The van der Waals surface area contributed by atoms with Crippen LogP contribution in [0.3, 0.4) is 0 Å². The molecule has 2 heterocycles. The summed E-state index contributed by atoms with van der Waals surface area (Å²) in [5, 5.41) is 1.25. The number of aromatic amines is 1. The second kappa shape index (κ2) is 12.1. The molecule has 2 aromatic heterocycles. The van der Waals surface area contributed by atoms with E-state index < -0.39 is 30.2 Å². The molecule has 0 spiro atoms. The summed E-state index contributed by atoms with van der Waals surface area (Å²) >= 11 is 0. The number of sulfone groups is 1. The Morgan fingerprint density at radius 3 is 2.56 bits per heavy atom. The first-order valence-electron chi connectivity index (χ1n) is 13.0. The normalized spacial score (nSPS) is 13.0. The van der Waals surface area contributed by atoms with Gasteiger partial charge in [-0.25, -0.2) is 18.0 Å². The SMILES string of the molecule is CCN(CCOP(=O)(O)O)CCC(F)(F)Oc1ccc(-c2cccc(S(=O)(=O)CC)c2)c2c1[nH]c1ncc(C)cc12. The third-order valence-electron chi connectivity index (χ3n) is 6.68. The Morgan fingerprint density at radius 2 is 1.88 bits per heavy atom. The molecule has 0 radical (unpaired) electrons. The van der Waals surface area contributed by atoms with E-state index in [0.29, 0.717) is 39.6 Å². The largest absolute Gasteiger partial charge is 0.469 e. The lowest BCUT2D eigenvalue weighted by Crippen LogP contribution is -2.34. The molecule has 0 aliphatic rings. The highest BCUT2D eigenvalue weighted by molar-refractivity contribution is 7.91. The molecule has 0 bridgehead atoms. The number of pyridine rings is 1. The molecule has 0 unspecified atom stereocenters. The number of rotatable bonds is 13. The van der Waals surface area contributed by atoms with Gasteiger partial charge in [0.15, 0.2) is 15.6 Å². The minimum Gasteiger partial charge on any atom is -0.430 e. The summed E-state index contributed by atoms with van der Waals surface area (Å²) in [4.78, 5) is 26.9. The molecule has 3 N–H and O–H groups in total. The van der Waals surface area contributed by atoms with Gasteiger partial charge in [0.1, 0.15) is 5.65 Å². The first kappa shape index (κ1) is 31.0. The molecular weight excluding hydrogens is 579 g/mol. The van der Waals surface area contributed by atoms with Gasteiger partial charge >= 0.3 is 13.9 Å². The fourth-order valence-corrected chi connectivity index (χ4v) is 5.78. The number of fused-ring (bicyclic) bond motifs is 3. The average Bonchev–Trinajstić information content (AvgIpc) is 3.29. The lowest BCUT2D eigenvalue weighted by atomic mass is 9.99. The smallest absolute Gasteiger partial charge is 0.430 e. The number of phosphoric acid groups is 1. The number of halogens is 2. The molecule has 0 saturated carbocycles. The van der Waals surface area contributed by atoms with E-state index in [-0.39, 0.29) is 36.1 Å². The molecule has 2 aromatic carbocycles. The van der Waals surface area contributed by atoms with Crippen LogP contribution in [-0.2, 0) is 18.9 Å². The molecule has 222 valence electrons. The average molecular weight is 612 g/mol. The second-order valence-corrected chi connectivity index (χ2v) is 13.1. The Hall–Kier alpha value is -2.93. The van der Waals surface area contributed by atoms with Crippen molar-refractivity contribution in [3.63, 3.8) is 0 Å². The number of nitrogens with zero attached hydrogens (tertiary/aromatic N) is 2. The van der Waals surface area contributed by atoms with E-state index in [9.17, 15) is 13.0 Å². The van der Waals surface area contributed by atoms with Crippen LogP contribution in [0.1, 0.15) is 25.8 Å². The van der Waals surface area contributed by atoms with Gasteiger partial charge in [0.25, 0.3) is 0 Å². The van der Waals surface area contributed by atoms with E-state index >= 15 is 8.78 Å². The van der Waals surface area contributed by atoms with Crippen molar-refractivity contribution in [3.05, 3.63) is 54.2 Å². The van der Waals surface area contributed by atoms with Crippen molar-refractivity contribution in [2.24, 2.45) is 0 Å². The zero-order chi connectivity index (χ0) is 30.0. The van der Waals surface area contributed by atoms with Gasteiger partial charge in [-0.3, -0.25) is 4.52 Å². The van der Waals surface area contributed by atoms with Crippen LogP contribution in [-0.4, -0.2) is 71.2 Å². The Labute approximate surface area is 236 Å². The Bertz CT molecular complexity index is 1710. The molecule has 10 nitrogen and oxygen atoms in total. The quantitative estimate of drug-likeness (QED) is 0.172. The van der Waals surface area contributed by atoms with E-state index in [1.165, 1.54) is 12.1 Å². The van der Waals surface area contributed by atoms with Crippen molar-refractivity contribution >= 4 is 39.6 Å². The minimum absolute atomic E-state index is 0.0521. The summed E-state index contributed by atoms with van der Waals surface area (Å²) < 4.78 is 75.8. The summed E-state index contributed by atoms with van der Waals surface area (Å²) in [5.74, 6) is -0.162. The maximum atomic E-state index is 15.1. The molecule has 0 aliphatic heterocycles. The lowest BCUT2D eigenvalue weighted by molar-refractivity contribution is -0.182. The molecule has 0 aliphatic carbocycles. The minimum atomic E-state index is -4.65. The standard InChI is InChI=1S/C27H32F2N3O7PS/c1-4-32(13-14-38-40(33,34)35)12-11-27(28,29)39-23-10-9-21(19-7-6-8-20(16-19)41(36,37)5-2)24-22-15-18(3)17-30-26(22)31-25(23)24/h6-10,15-17H,4-5,11-14H2,1-3H3,(H,30,31)(H2,33,34,35). The van der Waals surface area contributed by atoms with Crippen LogP contribution >= 0.6 is 7.82 Å².